The predicted octanol–water partition coefficient (Wildman–Crippen LogP) is 0.613. The highest BCUT2D eigenvalue weighted by Gasteiger charge is 2.21. The average molecular weight is 236 g/mol. The molecule has 1 aliphatic heterocycles. The molecule has 0 unspecified atom stereocenters. The Hall–Kier alpha value is -1.36. The number of imidazole rings is 1. The van der Waals surface area contributed by atoms with Crippen LogP contribution in [-0.2, 0) is 17.9 Å². The fourth-order valence-electron chi connectivity index (χ4n) is 2.14. The van der Waals surface area contributed by atoms with Crippen molar-refractivity contribution in [3.8, 4) is 0 Å². The Balaban J connectivity index is 2.04. The van der Waals surface area contributed by atoms with Gasteiger partial charge in [-0.25, -0.2) is 4.98 Å². The van der Waals surface area contributed by atoms with Crippen molar-refractivity contribution in [2.75, 3.05) is 13.1 Å². The summed E-state index contributed by atoms with van der Waals surface area (Å²) in [5.74, 6) is 1.23. The van der Waals surface area contributed by atoms with Gasteiger partial charge in [-0.05, 0) is 13.8 Å². The van der Waals surface area contributed by atoms with Crippen LogP contribution >= 0.6 is 0 Å². The molecule has 0 radical (unpaired) electrons. The molecule has 2 rings (SSSR count). The van der Waals surface area contributed by atoms with Gasteiger partial charge in [-0.15, -0.1) is 0 Å². The number of amides is 1. The quantitative estimate of drug-likeness (QED) is 0.836. The van der Waals surface area contributed by atoms with Gasteiger partial charge in [0.25, 0.3) is 0 Å². The van der Waals surface area contributed by atoms with E-state index in [1.54, 1.807) is 0 Å². The van der Waals surface area contributed by atoms with Crippen LogP contribution in [0.3, 0.4) is 0 Å². The highest BCUT2D eigenvalue weighted by atomic mass is 16.1. The smallest absolute Gasteiger partial charge is 0.221 e. The molecule has 0 aliphatic carbocycles. The lowest BCUT2D eigenvalue weighted by Gasteiger charge is -2.25. The fourth-order valence-corrected chi connectivity index (χ4v) is 2.14. The van der Waals surface area contributed by atoms with E-state index in [0.717, 1.165) is 32.0 Å². The van der Waals surface area contributed by atoms with Crippen LogP contribution in [0.4, 0.5) is 0 Å². The van der Waals surface area contributed by atoms with E-state index in [4.69, 9.17) is 0 Å². The van der Waals surface area contributed by atoms with E-state index in [2.05, 4.69) is 33.6 Å². The third-order valence-corrected chi connectivity index (χ3v) is 3.33. The van der Waals surface area contributed by atoms with Crippen LogP contribution in [0.2, 0.25) is 0 Å². The predicted molar refractivity (Wildman–Crippen MR) is 65.4 cm³/mol. The van der Waals surface area contributed by atoms with Crippen molar-refractivity contribution < 1.29 is 4.79 Å². The number of rotatable bonds is 3. The van der Waals surface area contributed by atoms with E-state index in [9.17, 15) is 4.79 Å². The molecule has 1 saturated heterocycles. The first-order chi connectivity index (χ1) is 8.20. The lowest BCUT2D eigenvalue weighted by Crippen LogP contribution is -2.37. The second-order valence-electron chi connectivity index (χ2n) is 4.50. The summed E-state index contributed by atoms with van der Waals surface area (Å²) in [6.07, 6.45) is 4.42. The second-order valence-corrected chi connectivity index (χ2v) is 4.50. The van der Waals surface area contributed by atoms with Crippen LogP contribution in [0.1, 0.15) is 26.1 Å². The number of carbonyl (C=O) groups excluding carboxylic acids is 1. The molecule has 94 valence electrons. The molecule has 1 aliphatic rings. The monoisotopic (exact) mass is 236 g/mol. The minimum atomic E-state index is 0.151. The van der Waals surface area contributed by atoms with Gasteiger partial charge in [0.1, 0.15) is 5.82 Å². The largest absolute Gasteiger partial charge is 0.355 e. The van der Waals surface area contributed by atoms with E-state index in [1.807, 2.05) is 12.4 Å². The van der Waals surface area contributed by atoms with Crippen molar-refractivity contribution in [2.45, 2.75) is 39.4 Å². The first-order valence-corrected chi connectivity index (χ1v) is 6.21. The highest BCUT2D eigenvalue weighted by molar-refractivity contribution is 5.76. The Kier molecular flexibility index (Phi) is 3.78. The van der Waals surface area contributed by atoms with Crippen LogP contribution in [0.5, 0.6) is 0 Å². The van der Waals surface area contributed by atoms with Gasteiger partial charge < -0.3 is 9.88 Å². The molecule has 2 heterocycles. The molecule has 1 fully saturated rings. The van der Waals surface area contributed by atoms with E-state index in [1.165, 1.54) is 0 Å². The molecule has 5 nitrogen and oxygen atoms in total. The molecule has 17 heavy (non-hydrogen) atoms. The first-order valence-electron chi connectivity index (χ1n) is 6.21. The molecule has 1 atom stereocenters. The number of nitrogens with one attached hydrogen (secondary N) is 1. The van der Waals surface area contributed by atoms with Crippen LogP contribution in [0.15, 0.2) is 12.4 Å². The maximum atomic E-state index is 11.3. The van der Waals surface area contributed by atoms with Gasteiger partial charge >= 0.3 is 0 Å². The molecular weight excluding hydrogens is 216 g/mol. The molecule has 1 amide bonds. The third-order valence-electron chi connectivity index (χ3n) is 3.33. The van der Waals surface area contributed by atoms with E-state index in [0.29, 0.717) is 12.5 Å². The summed E-state index contributed by atoms with van der Waals surface area (Å²) in [6.45, 7) is 7.55. The summed E-state index contributed by atoms with van der Waals surface area (Å²) in [5.41, 5.74) is 0. The maximum Gasteiger partial charge on any atom is 0.221 e. The van der Waals surface area contributed by atoms with Gasteiger partial charge in [0.05, 0.1) is 6.54 Å². The van der Waals surface area contributed by atoms with Crippen LogP contribution < -0.4 is 5.32 Å². The molecule has 1 N–H and O–H groups in total. The normalized spacial score (nSPS) is 22.2. The Bertz CT molecular complexity index is 388. The van der Waals surface area contributed by atoms with Crippen molar-refractivity contribution >= 4 is 5.91 Å². The summed E-state index contributed by atoms with van der Waals surface area (Å²) < 4.78 is 2.15. The van der Waals surface area contributed by atoms with Gasteiger partial charge in [-0.2, -0.15) is 0 Å². The number of hydrogen-bond donors (Lipinski definition) is 1. The zero-order valence-electron chi connectivity index (χ0n) is 10.5. The average Bonchev–Trinajstić information content (AvgIpc) is 2.71. The molecule has 0 bridgehead atoms. The summed E-state index contributed by atoms with van der Waals surface area (Å²) >= 11 is 0. The Morgan fingerprint density at radius 2 is 2.41 bits per heavy atom. The molecule has 1 aromatic rings. The number of nitrogens with zero attached hydrogens (tertiary/aromatic N) is 3. The van der Waals surface area contributed by atoms with E-state index >= 15 is 0 Å². The summed E-state index contributed by atoms with van der Waals surface area (Å²) in [5, 5.41) is 2.92. The minimum Gasteiger partial charge on any atom is -0.355 e. The lowest BCUT2D eigenvalue weighted by atomic mass is 10.2. The first kappa shape index (κ1) is 12.1. The zero-order valence-corrected chi connectivity index (χ0v) is 10.5. The van der Waals surface area contributed by atoms with Crippen molar-refractivity contribution in [2.24, 2.45) is 0 Å². The fraction of sp³-hybridized carbons (Fsp3) is 0.667. The van der Waals surface area contributed by atoms with Gasteiger partial charge in [0, 0.05) is 44.5 Å². The molecule has 5 heteroatoms. The Labute approximate surface area is 102 Å². The van der Waals surface area contributed by atoms with Crippen LogP contribution in [0, 0.1) is 0 Å². The second kappa shape index (κ2) is 5.31. The lowest BCUT2D eigenvalue weighted by molar-refractivity contribution is -0.120. The molecule has 0 aromatic carbocycles. The summed E-state index contributed by atoms with van der Waals surface area (Å²) in [4.78, 5) is 18.0. The highest BCUT2D eigenvalue weighted by Crippen LogP contribution is 2.10. The van der Waals surface area contributed by atoms with Crippen molar-refractivity contribution in [3.05, 3.63) is 18.2 Å². The van der Waals surface area contributed by atoms with Gasteiger partial charge in [-0.1, -0.05) is 0 Å². The standard InChI is InChI=1S/C12H20N4O/c1-3-15-7-5-13-11(15)9-16-6-4-12(17)14-8-10(16)2/h5,7,10H,3-4,6,8-9H2,1-2H3,(H,14,17)/t10-/m1/s1. The molecular formula is C12H20N4O. The van der Waals surface area contributed by atoms with Gasteiger partial charge in [-0.3, -0.25) is 9.69 Å². The van der Waals surface area contributed by atoms with Crippen molar-refractivity contribution in [1.29, 1.82) is 0 Å². The Morgan fingerprint density at radius 1 is 1.59 bits per heavy atom. The van der Waals surface area contributed by atoms with Crippen molar-refractivity contribution in [3.63, 3.8) is 0 Å². The third kappa shape index (κ3) is 2.85. The van der Waals surface area contributed by atoms with Crippen LogP contribution in [-0.4, -0.2) is 39.5 Å². The molecule has 0 spiro atoms. The Morgan fingerprint density at radius 3 is 3.18 bits per heavy atom. The SMILES string of the molecule is CCn1ccnc1CN1CCC(=O)NC[C@H]1C. The minimum absolute atomic E-state index is 0.151. The molecule has 1 aromatic heterocycles. The summed E-state index contributed by atoms with van der Waals surface area (Å²) in [6, 6.07) is 0.364. The van der Waals surface area contributed by atoms with Crippen molar-refractivity contribution in [1.82, 2.24) is 19.8 Å². The number of hydrogen-bond acceptors (Lipinski definition) is 3. The topological polar surface area (TPSA) is 50.2 Å². The van der Waals surface area contributed by atoms with Gasteiger partial charge in [0.2, 0.25) is 5.91 Å². The van der Waals surface area contributed by atoms with E-state index in [-0.39, 0.29) is 5.91 Å². The number of aryl methyl sites for hydroxylation is 1. The number of carbonyl (C=O) groups is 1. The zero-order chi connectivity index (χ0) is 12.3. The summed E-state index contributed by atoms with van der Waals surface area (Å²) in [7, 11) is 0. The van der Waals surface area contributed by atoms with Crippen LogP contribution in [0.25, 0.3) is 0 Å². The molecule has 0 saturated carbocycles. The maximum absolute atomic E-state index is 11.3. The van der Waals surface area contributed by atoms with Gasteiger partial charge in [0.15, 0.2) is 0 Å². The number of aromatic nitrogens is 2. The van der Waals surface area contributed by atoms with E-state index < -0.39 is 0 Å².